The molecule has 17 heteroatoms. The average molecular weight is 1130 g/mol. The SMILES string of the molecule is C=CCC/C=C/[C@H](OC)[C@@H](OCOC)[C@H](C)[C@@H](O)/C(C)=C/[C@H](C)C(=O)CCCC1CC(=O)NC(=O)C1.C=CCC/C=C/[C@H](OC)[C@@H](OCOC)[C@H](C)[C@@H](O[Si](CC)(CC)CC)/C(C)=C/[C@H](C)C(=O)/C=C/CC1CC(=O)NC(=O)C1. The summed E-state index contributed by atoms with van der Waals surface area (Å²) in [6.45, 7) is 25.9. The molecular formula is C62H102N2O14Si. The van der Waals surface area contributed by atoms with Crippen molar-refractivity contribution in [3.05, 3.63) is 85.1 Å². The summed E-state index contributed by atoms with van der Waals surface area (Å²) < 4.78 is 41.2. The maximum atomic E-state index is 13.1. The van der Waals surface area contributed by atoms with Gasteiger partial charge in [0.2, 0.25) is 23.6 Å². The zero-order valence-electron chi connectivity index (χ0n) is 50.4. The summed E-state index contributed by atoms with van der Waals surface area (Å²) >= 11 is 0. The molecule has 0 aromatic rings. The number of allylic oxidation sites excluding steroid dienone is 8. The number of ether oxygens (including phenoxy) is 6. The minimum atomic E-state index is -2.05. The molecule has 10 atom stereocenters. The third kappa shape index (κ3) is 27.3. The Morgan fingerprint density at radius 3 is 1.56 bits per heavy atom. The van der Waals surface area contributed by atoms with E-state index in [0.29, 0.717) is 56.9 Å². The summed E-state index contributed by atoms with van der Waals surface area (Å²) in [6.07, 6.45) is 23.2. The van der Waals surface area contributed by atoms with Crippen LogP contribution in [0.1, 0.15) is 139 Å². The molecule has 2 aliphatic heterocycles. The molecule has 0 spiro atoms. The van der Waals surface area contributed by atoms with Gasteiger partial charge in [-0.3, -0.25) is 39.4 Å². The minimum absolute atomic E-state index is 0.00195. The third-order valence-electron chi connectivity index (χ3n) is 15.1. The monoisotopic (exact) mass is 1130 g/mol. The number of ketones is 2. The maximum Gasteiger partial charge on any atom is 0.226 e. The van der Waals surface area contributed by atoms with E-state index in [1.807, 2.05) is 71.1 Å². The lowest BCUT2D eigenvalue weighted by Gasteiger charge is -2.40. The Morgan fingerprint density at radius 1 is 0.658 bits per heavy atom. The van der Waals surface area contributed by atoms with Crippen LogP contribution < -0.4 is 10.6 Å². The Kier molecular flexibility index (Phi) is 37.6. The van der Waals surface area contributed by atoms with Gasteiger partial charge in [-0.15, -0.1) is 13.2 Å². The highest BCUT2D eigenvalue weighted by molar-refractivity contribution is 6.73. The van der Waals surface area contributed by atoms with E-state index in [1.54, 1.807) is 46.7 Å². The molecule has 0 bridgehead atoms. The average Bonchev–Trinajstić information content (AvgIpc) is 3.42. The second-order valence-corrected chi connectivity index (χ2v) is 26.0. The summed E-state index contributed by atoms with van der Waals surface area (Å²) in [5, 5.41) is 15.7. The van der Waals surface area contributed by atoms with Crippen molar-refractivity contribution in [3.8, 4) is 0 Å². The van der Waals surface area contributed by atoms with Crippen LogP contribution in [-0.4, -0.2) is 127 Å². The number of piperidine rings is 2. The molecule has 0 saturated carbocycles. The van der Waals surface area contributed by atoms with Crippen molar-refractivity contribution in [2.75, 3.05) is 42.0 Å². The topological polar surface area (TPSA) is 211 Å². The van der Waals surface area contributed by atoms with Crippen LogP contribution in [0.5, 0.6) is 0 Å². The van der Waals surface area contributed by atoms with E-state index in [2.05, 4.69) is 57.6 Å². The first-order valence-electron chi connectivity index (χ1n) is 28.6. The summed E-state index contributed by atoms with van der Waals surface area (Å²) in [6, 6.07) is 2.98. The molecule has 2 rings (SSSR count). The predicted molar refractivity (Wildman–Crippen MR) is 314 cm³/mol. The van der Waals surface area contributed by atoms with E-state index in [1.165, 1.54) is 0 Å². The Morgan fingerprint density at radius 2 is 1.11 bits per heavy atom. The Labute approximate surface area is 475 Å². The van der Waals surface area contributed by atoms with Crippen LogP contribution in [-0.2, 0) is 61.6 Å². The molecule has 448 valence electrons. The number of Topliss-reactive ketones (excluding diaryl/α,β-unsaturated/α-hetero) is 1. The van der Waals surface area contributed by atoms with Crippen LogP contribution >= 0.6 is 0 Å². The van der Waals surface area contributed by atoms with Gasteiger partial charge in [0, 0.05) is 84.2 Å². The van der Waals surface area contributed by atoms with Crippen molar-refractivity contribution < 1.29 is 66.7 Å². The highest BCUT2D eigenvalue weighted by Crippen LogP contribution is 2.33. The summed E-state index contributed by atoms with van der Waals surface area (Å²) in [5.41, 5.74) is 1.68. The van der Waals surface area contributed by atoms with Gasteiger partial charge >= 0.3 is 0 Å². The highest BCUT2D eigenvalue weighted by Gasteiger charge is 2.40. The number of carbonyl (C=O) groups excluding carboxylic acids is 6. The van der Waals surface area contributed by atoms with Gasteiger partial charge in [0.25, 0.3) is 0 Å². The quantitative estimate of drug-likeness (QED) is 0.0130. The first-order chi connectivity index (χ1) is 37.6. The van der Waals surface area contributed by atoms with Crippen molar-refractivity contribution in [1.82, 2.24) is 10.6 Å². The van der Waals surface area contributed by atoms with Crippen molar-refractivity contribution in [2.45, 2.75) is 194 Å². The first-order valence-corrected chi connectivity index (χ1v) is 31.1. The van der Waals surface area contributed by atoms with Crippen molar-refractivity contribution >= 4 is 43.5 Å². The zero-order valence-corrected chi connectivity index (χ0v) is 51.4. The second kappa shape index (κ2) is 40.8. The summed E-state index contributed by atoms with van der Waals surface area (Å²) in [4.78, 5) is 72.2. The van der Waals surface area contributed by atoms with Crippen LogP contribution in [0.15, 0.2) is 85.1 Å². The van der Waals surface area contributed by atoms with Crippen molar-refractivity contribution in [1.29, 1.82) is 0 Å². The molecule has 3 N–H and O–H groups in total. The smallest absolute Gasteiger partial charge is 0.226 e. The minimum Gasteiger partial charge on any atom is -0.410 e. The van der Waals surface area contributed by atoms with Gasteiger partial charge in [-0.05, 0) is 106 Å². The molecular weight excluding hydrogens is 1020 g/mol. The number of aliphatic hydroxyl groups excluding tert-OH is 1. The fourth-order valence-corrected chi connectivity index (χ4v) is 13.1. The molecule has 2 fully saturated rings. The number of amides is 4. The first kappa shape index (κ1) is 72.7. The van der Waals surface area contributed by atoms with Crippen molar-refractivity contribution in [2.24, 2.45) is 35.5 Å². The Balaban J connectivity index is 0.000000803. The largest absolute Gasteiger partial charge is 0.410 e. The maximum absolute atomic E-state index is 13.1. The lowest BCUT2D eigenvalue weighted by atomic mass is 9.87. The highest BCUT2D eigenvalue weighted by atomic mass is 28.4. The van der Waals surface area contributed by atoms with Gasteiger partial charge in [-0.2, -0.15) is 0 Å². The Bertz CT molecular complexity index is 1990. The molecule has 16 nitrogen and oxygen atoms in total. The molecule has 0 unspecified atom stereocenters. The number of aliphatic hydroxyl groups is 1. The summed E-state index contributed by atoms with van der Waals surface area (Å²) in [5.74, 6) is -2.21. The molecule has 2 heterocycles. The van der Waals surface area contributed by atoms with E-state index >= 15 is 0 Å². The van der Waals surface area contributed by atoms with Crippen LogP contribution in [0.25, 0.3) is 0 Å². The van der Waals surface area contributed by atoms with E-state index in [9.17, 15) is 33.9 Å². The number of nitrogens with one attached hydrogen (secondary N) is 2. The van der Waals surface area contributed by atoms with Crippen LogP contribution in [0, 0.1) is 35.5 Å². The van der Waals surface area contributed by atoms with Crippen LogP contribution in [0.3, 0.4) is 0 Å². The third-order valence-corrected chi connectivity index (χ3v) is 19.8. The van der Waals surface area contributed by atoms with Crippen LogP contribution in [0.2, 0.25) is 18.1 Å². The number of rotatable bonds is 40. The Hall–Kier alpha value is -4.30. The number of methoxy groups -OCH3 is 4. The number of unbranched alkanes of at least 4 members (excludes halogenated alkanes) is 2. The number of hydrogen-bond donors (Lipinski definition) is 3. The van der Waals surface area contributed by atoms with Gasteiger partial charge in [0.15, 0.2) is 14.1 Å². The molecule has 2 saturated heterocycles. The molecule has 4 amide bonds. The van der Waals surface area contributed by atoms with Gasteiger partial charge in [0.05, 0.1) is 24.4 Å². The lowest BCUT2D eigenvalue weighted by molar-refractivity contribution is -0.139. The zero-order chi connectivity index (χ0) is 59.5. The van der Waals surface area contributed by atoms with E-state index in [0.717, 1.165) is 49.4 Å². The normalized spacial score (nSPS) is 19.2. The van der Waals surface area contributed by atoms with E-state index < -0.39 is 20.5 Å². The van der Waals surface area contributed by atoms with Gasteiger partial charge in [-0.1, -0.05) is 103 Å². The number of carbonyl (C=O) groups is 6. The molecule has 0 aliphatic carbocycles. The number of imide groups is 2. The number of hydrogen-bond acceptors (Lipinski definition) is 14. The standard InChI is InChI=1S/C34H57NO7Si.C28H45NO7/c1-10-14-15-16-20-30(40-9)34(41-24-39-8)27(7)33(42-43(11-2,12-3)13-4)26(6)21-25(5)29(36)19-17-18-28-22-31(37)35-32(38)23-28;1-7-8-9-10-14-24(35-6)28(36-18-34-5)21(4)27(33)20(3)15-19(2)23(30)13-11-12-22-16-25(31)29-26(32)17-22/h10,16-17,19-21,25,27-28,30,33-34H,1,11-15,18,22-24H2,2-9H3,(H,35,37,38);7,10,14-15,19,21-22,24,27-28,33H,1,8-9,11-13,16-18H2,2-6H3,(H,29,31,32)/b19-17+,20-16+,26-21+;14-10+,20-15+/t25-,27+,30-,33-,34-;19-,21+,24-,27-,28-/m00/s1. The fraction of sp³-hybridized carbons (Fsp3) is 0.677. The van der Waals surface area contributed by atoms with Gasteiger partial charge < -0.3 is 38.0 Å². The van der Waals surface area contributed by atoms with E-state index in [-0.39, 0.29) is 109 Å². The fourth-order valence-electron chi connectivity index (χ4n) is 10.1. The molecule has 0 aromatic carbocycles. The van der Waals surface area contributed by atoms with Gasteiger partial charge in [-0.25, -0.2) is 0 Å². The lowest BCUT2D eigenvalue weighted by Crippen LogP contribution is -2.48. The van der Waals surface area contributed by atoms with Gasteiger partial charge in [0.1, 0.15) is 31.6 Å². The summed E-state index contributed by atoms with van der Waals surface area (Å²) in [7, 11) is 4.38. The molecule has 0 aromatic heterocycles. The van der Waals surface area contributed by atoms with E-state index in [4.69, 9.17) is 32.8 Å². The molecule has 0 radical (unpaired) electrons. The predicted octanol–water partition coefficient (Wildman–Crippen LogP) is 10.6. The van der Waals surface area contributed by atoms with Crippen LogP contribution in [0.4, 0.5) is 0 Å². The molecule has 2 aliphatic rings. The molecule has 79 heavy (non-hydrogen) atoms. The second-order valence-electron chi connectivity index (χ2n) is 21.3. The van der Waals surface area contributed by atoms with Crippen molar-refractivity contribution in [3.63, 3.8) is 0 Å².